The zero-order chi connectivity index (χ0) is 21.8. The Bertz CT molecular complexity index is 796. The maximum atomic E-state index is 12.9. The number of benzene rings is 2. The van der Waals surface area contributed by atoms with Crippen molar-refractivity contribution < 1.29 is 32.2 Å². The topological polar surface area (TPSA) is 56.8 Å². The summed E-state index contributed by atoms with van der Waals surface area (Å²) >= 11 is 0. The van der Waals surface area contributed by atoms with Gasteiger partial charge in [0.2, 0.25) is 0 Å². The highest BCUT2D eigenvalue weighted by atomic mass is 19.4. The third kappa shape index (κ3) is 8.04. The first kappa shape index (κ1) is 23.7. The molecule has 0 radical (unpaired) electrons. The molecule has 0 fully saturated rings. The fourth-order valence-corrected chi connectivity index (χ4v) is 2.54. The molecule has 2 aromatic rings. The van der Waals surface area contributed by atoms with Crippen LogP contribution in [0.2, 0.25) is 0 Å². The van der Waals surface area contributed by atoms with Crippen molar-refractivity contribution in [2.45, 2.75) is 25.9 Å². The number of halogens is 3. The summed E-state index contributed by atoms with van der Waals surface area (Å²) in [6.07, 6.45) is -2.37. The normalized spacial score (nSPS) is 11.3. The van der Waals surface area contributed by atoms with Crippen molar-refractivity contribution >= 4 is 17.3 Å². The number of anilines is 2. The summed E-state index contributed by atoms with van der Waals surface area (Å²) in [5, 5.41) is 2.85. The Hall–Kier alpha value is -2.58. The van der Waals surface area contributed by atoms with Gasteiger partial charge in [-0.25, -0.2) is 4.79 Å². The third-order valence-electron chi connectivity index (χ3n) is 4.09. The van der Waals surface area contributed by atoms with Crippen LogP contribution in [0.3, 0.4) is 0 Å². The molecule has 0 aromatic heterocycles. The van der Waals surface area contributed by atoms with E-state index >= 15 is 0 Å². The number of rotatable bonds is 12. The van der Waals surface area contributed by atoms with Gasteiger partial charge in [0.1, 0.15) is 6.61 Å². The number of unbranched alkanes of at least 4 members (excludes halogenated alkanes) is 1. The van der Waals surface area contributed by atoms with Crippen LogP contribution in [0.1, 0.15) is 35.7 Å². The first-order chi connectivity index (χ1) is 14.4. The zero-order valence-corrected chi connectivity index (χ0v) is 16.8. The molecule has 0 aliphatic carbocycles. The minimum Gasteiger partial charge on any atom is -0.460 e. The molecule has 0 heterocycles. The lowest BCUT2D eigenvalue weighted by Crippen LogP contribution is -2.14. The molecule has 0 atom stereocenters. The molecule has 0 bridgehead atoms. The van der Waals surface area contributed by atoms with Crippen molar-refractivity contribution in [3.63, 3.8) is 0 Å². The quantitative estimate of drug-likeness (QED) is 0.363. The fraction of sp³-hybridized carbons (Fsp3) is 0.409. The van der Waals surface area contributed by atoms with Gasteiger partial charge in [0, 0.05) is 12.3 Å². The molecule has 0 saturated heterocycles. The van der Waals surface area contributed by atoms with Crippen molar-refractivity contribution in [2.75, 3.05) is 38.4 Å². The Morgan fingerprint density at radius 2 is 1.63 bits per heavy atom. The van der Waals surface area contributed by atoms with Crippen molar-refractivity contribution in [1.82, 2.24) is 0 Å². The van der Waals surface area contributed by atoms with Gasteiger partial charge in [-0.1, -0.05) is 31.5 Å². The molecule has 0 aliphatic heterocycles. The Morgan fingerprint density at radius 1 is 0.933 bits per heavy atom. The Balaban J connectivity index is 1.85. The van der Waals surface area contributed by atoms with Crippen molar-refractivity contribution in [3.05, 3.63) is 59.7 Å². The van der Waals surface area contributed by atoms with Gasteiger partial charge in [-0.3, -0.25) is 0 Å². The van der Waals surface area contributed by atoms with Crippen LogP contribution >= 0.6 is 0 Å². The molecule has 0 spiro atoms. The molecular weight excluding hydrogens is 399 g/mol. The van der Waals surface area contributed by atoms with E-state index in [1.54, 1.807) is 24.3 Å². The van der Waals surface area contributed by atoms with Crippen LogP contribution in [-0.4, -0.2) is 39.0 Å². The monoisotopic (exact) mass is 425 g/mol. The second-order valence-corrected chi connectivity index (χ2v) is 6.46. The molecule has 30 heavy (non-hydrogen) atoms. The molecule has 0 unspecified atom stereocenters. The average molecular weight is 425 g/mol. The summed E-state index contributed by atoms with van der Waals surface area (Å²) in [4.78, 5) is 12.4. The molecule has 2 aromatic carbocycles. The van der Waals surface area contributed by atoms with E-state index in [1.165, 1.54) is 12.1 Å². The summed E-state index contributed by atoms with van der Waals surface area (Å²) in [7, 11) is 0. The third-order valence-corrected chi connectivity index (χ3v) is 4.09. The van der Waals surface area contributed by atoms with Gasteiger partial charge in [0.15, 0.2) is 0 Å². The Morgan fingerprint density at radius 3 is 2.37 bits per heavy atom. The van der Waals surface area contributed by atoms with E-state index in [0.29, 0.717) is 25.5 Å². The first-order valence-electron chi connectivity index (χ1n) is 9.77. The number of nitrogens with one attached hydrogen (secondary N) is 1. The predicted octanol–water partition coefficient (Wildman–Crippen LogP) is 5.44. The van der Waals surface area contributed by atoms with Gasteiger partial charge >= 0.3 is 12.1 Å². The molecule has 0 aliphatic rings. The van der Waals surface area contributed by atoms with Crippen LogP contribution in [0, 0.1) is 0 Å². The lowest BCUT2D eigenvalue weighted by atomic mass is 10.1. The van der Waals surface area contributed by atoms with Crippen LogP contribution in [0.5, 0.6) is 0 Å². The van der Waals surface area contributed by atoms with Crippen molar-refractivity contribution in [3.8, 4) is 0 Å². The molecule has 164 valence electrons. The highest BCUT2D eigenvalue weighted by molar-refractivity contribution is 5.96. The van der Waals surface area contributed by atoms with E-state index in [-0.39, 0.29) is 24.5 Å². The highest BCUT2D eigenvalue weighted by Crippen LogP contribution is 2.31. The number of ether oxygens (including phenoxy) is 3. The van der Waals surface area contributed by atoms with Crippen LogP contribution in [-0.2, 0) is 20.4 Å². The summed E-state index contributed by atoms with van der Waals surface area (Å²) < 4.78 is 54.6. The van der Waals surface area contributed by atoms with Gasteiger partial charge in [0.25, 0.3) is 0 Å². The molecule has 0 saturated carbocycles. The fourth-order valence-electron chi connectivity index (χ4n) is 2.54. The Kier molecular flexibility index (Phi) is 9.63. The van der Waals surface area contributed by atoms with Crippen LogP contribution in [0.15, 0.2) is 48.5 Å². The number of carbonyl (C=O) groups is 1. The van der Waals surface area contributed by atoms with Gasteiger partial charge < -0.3 is 19.5 Å². The Labute approximate surface area is 174 Å². The smallest absolute Gasteiger partial charge is 0.416 e. The maximum absolute atomic E-state index is 12.9. The summed E-state index contributed by atoms with van der Waals surface area (Å²) in [6, 6.07) is 11.2. The second-order valence-electron chi connectivity index (χ2n) is 6.46. The number of carbonyl (C=O) groups excluding carboxylic acids is 1. The molecule has 1 N–H and O–H groups in total. The molecule has 0 amide bonds. The van der Waals surface area contributed by atoms with Crippen LogP contribution in [0.25, 0.3) is 0 Å². The summed E-state index contributed by atoms with van der Waals surface area (Å²) in [6.45, 7) is 3.97. The number of para-hydroxylation sites is 1. The predicted molar refractivity (Wildman–Crippen MR) is 108 cm³/mol. The van der Waals surface area contributed by atoms with Gasteiger partial charge in [-0.05, 0) is 36.8 Å². The zero-order valence-electron chi connectivity index (χ0n) is 16.8. The van der Waals surface area contributed by atoms with Gasteiger partial charge in [0.05, 0.1) is 36.6 Å². The molecular formula is C22H26F3NO4. The van der Waals surface area contributed by atoms with Crippen molar-refractivity contribution in [2.24, 2.45) is 0 Å². The summed E-state index contributed by atoms with van der Waals surface area (Å²) in [5.74, 6) is -0.590. The van der Waals surface area contributed by atoms with E-state index in [2.05, 4.69) is 12.2 Å². The highest BCUT2D eigenvalue weighted by Gasteiger charge is 2.30. The van der Waals surface area contributed by atoms with Gasteiger partial charge in [-0.2, -0.15) is 13.2 Å². The van der Waals surface area contributed by atoms with Crippen LogP contribution < -0.4 is 5.32 Å². The minimum absolute atomic E-state index is 0.0612. The first-order valence-corrected chi connectivity index (χ1v) is 9.77. The number of esters is 1. The lowest BCUT2D eigenvalue weighted by Gasteiger charge is -2.13. The molecule has 2 rings (SSSR count). The summed E-state index contributed by atoms with van der Waals surface area (Å²) in [5.41, 5.74) is 0.0183. The molecule has 5 nitrogen and oxygen atoms in total. The number of hydrogen-bond acceptors (Lipinski definition) is 5. The number of hydrogen-bond donors (Lipinski definition) is 1. The minimum atomic E-state index is -4.45. The van der Waals surface area contributed by atoms with E-state index < -0.39 is 17.7 Å². The SMILES string of the molecule is CCCCOCCOCCOC(=O)c1ccccc1Nc1cccc(C(F)(F)F)c1. The van der Waals surface area contributed by atoms with Crippen LogP contribution in [0.4, 0.5) is 24.5 Å². The molecule has 8 heteroatoms. The number of alkyl halides is 3. The second kappa shape index (κ2) is 12.2. The van der Waals surface area contributed by atoms with Crippen molar-refractivity contribution in [1.29, 1.82) is 0 Å². The van der Waals surface area contributed by atoms with Gasteiger partial charge in [-0.15, -0.1) is 0 Å². The largest absolute Gasteiger partial charge is 0.460 e. The standard InChI is InChI=1S/C22H26F3NO4/c1-2-3-11-28-12-13-29-14-15-30-21(27)19-9-4-5-10-20(19)26-18-8-6-7-17(16-18)22(23,24)25/h4-10,16,26H,2-3,11-15H2,1H3. The van der Waals surface area contributed by atoms with E-state index in [0.717, 1.165) is 25.0 Å². The average Bonchev–Trinajstić information content (AvgIpc) is 2.72. The van der Waals surface area contributed by atoms with E-state index in [1.807, 2.05) is 0 Å². The lowest BCUT2D eigenvalue weighted by molar-refractivity contribution is -0.137. The van der Waals surface area contributed by atoms with E-state index in [4.69, 9.17) is 14.2 Å². The maximum Gasteiger partial charge on any atom is 0.416 e. The van der Waals surface area contributed by atoms with E-state index in [9.17, 15) is 18.0 Å².